The summed E-state index contributed by atoms with van der Waals surface area (Å²) >= 11 is 0. The number of nitrogens with zero attached hydrogens (tertiary/aromatic N) is 2. The normalized spacial score (nSPS) is 11.3. The fraction of sp³-hybridized carbons (Fsp3) is 0.600. The maximum atomic E-state index is 5.91. The number of methoxy groups -OCH3 is 2. The molecule has 0 bridgehead atoms. The fourth-order valence-corrected chi connectivity index (χ4v) is 1.20. The minimum Gasteiger partial charge on any atom is -0.481 e. The standard InChI is InChI=1S/C10H17N3O2/c1-10(2,11)6-7-5-8(14-3)13-9(12-7)15-4/h5H,6,11H2,1-4H3. The van der Waals surface area contributed by atoms with Crippen molar-refractivity contribution in [3.63, 3.8) is 0 Å². The van der Waals surface area contributed by atoms with Crippen LogP contribution in [0.1, 0.15) is 19.5 Å². The van der Waals surface area contributed by atoms with E-state index in [4.69, 9.17) is 15.2 Å². The molecule has 0 aliphatic heterocycles. The summed E-state index contributed by atoms with van der Waals surface area (Å²) in [4.78, 5) is 8.20. The van der Waals surface area contributed by atoms with Gasteiger partial charge in [0.2, 0.25) is 5.88 Å². The van der Waals surface area contributed by atoms with E-state index in [1.54, 1.807) is 13.2 Å². The summed E-state index contributed by atoms with van der Waals surface area (Å²) in [5.74, 6) is 0.487. The van der Waals surface area contributed by atoms with Crippen LogP contribution in [0.25, 0.3) is 0 Å². The summed E-state index contributed by atoms with van der Waals surface area (Å²) in [6.45, 7) is 3.88. The third kappa shape index (κ3) is 3.71. The molecular formula is C10H17N3O2. The molecule has 0 aliphatic carbocycles. The van der Waals surface area contributed by atoms with E-state index in [0.29, 0.717) is 18.3 Å². The van der Waals surface area contributed by atoms with Crippen molar-refractivity contribution in [2.75, 3.05) is 14.2 Å². The number of nitrogens with two attached hydrogens (primary N) is 1. The van der Waals surface area contributed by atoms with Crippen LogP contribution in [0, 0.1) is 0 Å². The largest absolute Gasteiger partial charge is 0.481 e. The van der Waals surface area contributed by atoms with Crippen molar-refractivity contribution < 1.29 is 9.47 Å². The summed E-state index contributed by atoms with van der Waals surface area (Å²) in [7, 11) is 3.07. The molecule has 0 saturated heterocycles. The maximum absolute atomic E-state index is 5.91. The molecule has 1 aromatic rings. The summed E-state index contributed by atoms with van der Waals surface area (Å²) < 4.78 is 10.0. The van der Waals surface area contributed by atoms with Crippen LogP contribution in [-0.4, -0.2) is 29.7 Å². The van der Waals surface area contributed by atoms with Gasteiger partial charge < -0.3 is 15.2 Å². The Morgan fingerprint density at radius 2 is 1.93 bits per heavy atom. The van der Waals surface area contributed by atoms with Crippen LogP contribution in [0.3, 0.4) is 0 Å². The van der Waals surface area contributed by atoms with Crippen molar-refractivity contribution >= 4 is 0 Å². The van der Waals surface area contributed by atoms with Crippen LogP contribution >= 0.6 is 0 Å². The van der Waals surface area contributed by atoms with E-state index in [1.165, 1.54) is 7.11 Å². The molecule has 2 N–H and O–H groups in total. The van der Waals surface area contributed by atoms with Gasteiger partial charge in [-0.3, -0.25) is 0 Å². The number of aromatic nitrogens is 2. The van der Waals surface area contributed by atoms with Crippen molar-refractivity contribution in [1.29, 1.82) is 0 Å². The van der Waals surface area contributed by atoms with Gasteiger partial charge in [0.25, 0.3) is 0 Å². The molecule has 0 saturated carbocycles. The Balaban J connectivity index is 2.97. The van der Waals surface area contributed by atoms with Gasteiger partial charge in [-0.2, -0.15) is 9.97 Å². The van der Waals surface area contributed by atoms with Crippen molar-refractivity contribution in [2.24, 2.45) is 5.73 Å². The van der Waals surface area contributed by atoms with Crippen LogP contribution in [0.2, 0.25) is 0 Å². The third-order valence-electron chi connectivity index (χ3n) is 1.76. The van der Waals surface area contributed by atoms with Crippen molar-refractivity contribution in [3.8, 4) is 11.9 Å². The molecule has 0 amide bonds. The van der Waals surface area contributed by atoms with Gasteiger partial charge in [0.15, 0.2) is 0 Å². The third-order valence-corrected chi connectivity index (χ3v) is 1.76. The van der Waals surface area contributed by atoms with Crippen LogP contribution in [0.5, 0.6) is 11.9 Å². The molecule has 15 heavy (non-hydrogen) atoms. The zero-order chi connectivity index (χ0) is 11.5. The van der Waals surface area contributed by atoms with E-state index in [0.717, 1.165) is 5.69 Å². The molecule has 0 aliphatic rings. The average Bonchev–Trinajstić information content (AvgIpc) is 2.14. The highest BCUT2D eigenvalue weighted by molar-refractivity contribution is 5.20. The summed E-state index contributed by atoms with van der Waals surface area (Å²) in [6, 6.07) is 2.06. The minimum absolute atomic E-state index is 0.300. The molecular weight excluding hydrogens is 194 g/mol. The highest BCUT2D eigenvalue weighted by Crippen LogP contribution is 2.16. The lowest BCUT2D eigenvalue weighted by atomic mass is 10.00. The first-order valence-corrected chi connectivity index (χ1v) is 4.69. The lowest BCUT2D eigenvalue weighted by Gasteiger charge is -2.17. The molecule has 0 aromatic carbocycles. The van der Waals surface area contributed by atoms with E-state index in [9.17, 15) is 0 Å². The van der Waals surface area contributed by atoms with Gasteiger partial charge >= 0.3 is 6.01 Å². The Hall–Kier alpha value is -1.36. The van der Waals surface area contributed by atoms with E-state index < -0.39 is 0 Å². The molecule has 0 fully saturated rings. The zero-order valence-electron chi connectivity index (χ0n) is 9.57. The van der Waals surface area contributed by atoms with Gasteiger partial charge in [-0.05, 0) is 13.8 Å². The number of ether oxygens (including phenoxy) is 2. The first-order chi connectivity index (χ1) is 6.94. The molecule has 1 aromatic heterocycles. The molecule has 0 spiro atoms. The quantitative estimate of drug-likeness (QED) is 0.796. The molecule has 0 radical (unpaired) electrons. The predicted molar refractivity (Wildman–Crippen MR) is 57.1 cm³/mol. The highest BCUT2D eigenvalue weighted by atomic mass is 16.5. The van der Waals surface area contributed by atoms with Gasteiger partial charge in [-0.25, -0.2) is 0 Å². The van der Waals surface area contributed by atoms with Gasteiger partial charge in [0, 0.05) is 18.0 Å². The smallest absolute Gasteiger partial charge is 0.319 e. The van der Waals surface area contributed by atoms with Crippen LogP contribution in [-0.2, 0) is 6.42 Å². The van der Waals surface area contributed by atoms with Gasteiger partial charge in [0.05, 0.1) is 19.9 Å². The van der Waals surface area contributed by atoms with Crippen LogP contribution < -0.4 is 15.2 Å². The fourth-order valence-electron chi connectivity index (χ4n) is 1.20. The van der Waals surface area contributed by atoms with Gasteiger partial charge in [0.1, 0.15) is 0 Å². The average molecular weight is 211 g/mol. The first kappa shape index (κ1) is 11.7. The lowest BCUT2D eigenvalue weighted by molar-refractivity contribution is 0.348. The van der Waals surface area contributed by atoms with Crippen LogP contribution in [0.4, 0.5) is 0 Å². The molecule has 1 heterocycles. The second-order valence-electron chi connectivity index (χ2n) is 4.05. The second-order valence-corrected chi connectivity index (χ2v) is 4.05. The second kappa shape index (κ2) is 4.44. The molecule has 0 unspecified atom stereocenters. The maximum Gasteiger partial charge on any atom is 0.319 e. The number of rotatable bonds is 4. The van der Waals surface area contributed by atoms with Crippen molar-refractivity contribution in [2.45, 2.75) is 25.8 Å². The predicted octanol–water partition coefficient (Wildman–Crippen LogP) is 0.774. The van der Waals surface area contributed by atoms with E-state index in [2.05, 4.69) is 9.97 Å². The van der Waals surface area contributed by atoms with Gasteiger partial charge in [-0.15, -0.1) is 0 Å². The Kier molecular flexibility index (Phi) is 3.47. The van der Waals surface area contributed by atoms with E-state index >= 15 is 0 Å². The van der Waals surface area contributed by atoms with Crippen molar-refractivity contribution in [3.05, 3.63) is 11.8 Å². The monoisotopic (exact) mass is 211 g/mol. The Labute approximate surface area is 89.6 Å². The topological polar surface area (TPSA) is 70.3 Å². The molecule has 5 heteroatoms. The lowest BCUT2D eigenvalue weighted by Crippen LogP contribution is -2.34. The van der Waals surface area contributed by atoms with Crippen LogP contribution in [0.15, 0.2) is 6.07 Å². The summed E-state index contributed by atoms with van der Waals surface area (Å²) in [5, 5.41) is 0. The number of hydrogen-bond donors (Lipinski definition) is 1. The SMILES string of the molecule is COc1cc(CC(C)(C)N)nc(OC)n1. The number of hydrogen-bond acceptors (Lipinski definition) is 5. The summed E-state index contributed by atoms with van der Waals surface area (Å²) in [5.41, 5.74) is 6.40. The molecule has 1 rings (SSSR count). The zero-order valence-corrected chi connectivity index (χ0v) is 9.57. The Morgan fingerprint density at radius 1 is 1.27 bits per heavy atom. The van der Waals surface area contributed by atoms with Crippen molar-refractivity contribution in [1.82, 2.24) is 9.97 Å². The highest BCUT2D eigenvalue weighted by Gasteiger charge is 2.15. The van der Waals surface area contributed by atoms with E-state index in [-0.39, 0.29) is 5.54 Å². The molecule has 5 nitrogen and oxygen atoms in total. The van der Waals surface area contributed by atoms with Gasteiger partial charge in [-0.1, -0.05) is 0 Å². The first-order valence-electron chi connectivity index (χ1n) is 4.69. The Bertz CT molecular complexity index is 312. The van der Waals surface area contributed by atoms with E-state index in [1.807, 2.05) is 13.8 Å². The molecule has 0 atom stereocenters. The minimum atomic E-state index is -0.315. The molecule has 84 valence electrons. The summed E-state index contributed by atoms with van der Waals surface area (Å²) in [6.07, 6.45) is 0.641. The Morgan fingerprint density at radius 3 is 2.40 bits per heavy atom.